The van der Waals surface area contributed by atoms with Gasteiger partial charge >= 0.3 is 0 Å². The summed E-state index contributed by atoms with van der Waals surface area (Å²) in [6.07, 6.45) is 2.96. The zero-order valence-corrected chi connectivity index (χ0v) is 16.9. The molecule has 1 aliphatic rings. The quantitative estimate of drug-likeness (QED) is 0.585. The molecule has 0 radical (unpaired) electrons. The first-order valence-electron chi connectivity index (χ1n) is 8.85. The molecule has 2 aromatic rings. The number of imidazole rings is 1. The molecule has 0 bridgehead atoms. The second-order valence-electron chi connectivity index (χ2n) is 6.58. The largest absolute Gasteiger partial charge is 1.00 e. The van der Waals surface area contributed by atoms with Gasteiger partial charge in [-0.2, -0.15) is 0 Å². The van der Waals surface area contributed by atoms with Crippen LogP contribution in [-0.2, 0) is 6.54 Å². The Morgan fingerprint density at radius 1 is 1.08 bits per heavy atom. The molecule has 0 saturated heterocycles. The predicted octanol–water partition coefficient (Wildman–Crippen LogP) is 0.635. The Bertz CT molecular complexity index is 823. The maximum atomic E-state index is 13.1. The summed E-state index contributed by atoms with van der Waals surface area (Å²) in [6, 6.07) is 7.35. The lowest BCUT2D eigenvalue weighted by atomic mass is 9.89. The van der Waals surface area contributed by atoms with Crippen molar-refractivity contribution < 1.29 is 31.1 Å². The summed E-state index contributed by atoms with van der Waals surface area (Å²) in [5.74, 6) is 0.942. The number of carbonyl (C=O) groups is 2. The van der Waals surface area contributed by atoms with Crippen LogP contribution in [0, 0.1) is 6.92 Å². The van der Waals surface area contributed by atoms with Crippen LogP contribution in [0.2, 0.25) is 0 Å². The number of hydrogen-bond acceptors (Lipinski definition) is 2. The van der Waals surface area contributed by atoms with E-state index in [1.54, 1.807) is 12.1 Å². The van der Waals surface area contributed by atoms with E-state index in [-0.39, 0.29) is 34.6 Å². The highest BCUT2D eigenvalue weighted by Crippen LogP contribution is 2.29. The Labute approximate surface area is 159 Å². The fraction of sp³-hybridized carbons (Fsp3) is 0.450. The molecule has 1 aromatic heterocycles. The van der Waals surface area contributed by atoms with Crippen molar-refractivity contribution in [2.24, 2.45) is 0 Å². The molecular weight excluding hydrogens is 380 g/mol. The van der Waals surface area contributed by atoms with Crippen LogP contribution in [0.4, 0.5) is 0 Å². The average Bonchev–Trinajstić information content (AvgIpc) is 2.90. The molecule has 1 heterocycles. The van der Waals surface area contributed by atoms with Gasteiger partial charge in [-0.05, 0) is 19.8 Å². The van der Waals surface area contributed by atoms with Crippen LogP contribution in [0.25, 0.3) is 0 Å². The van der Waals surface area contributed by atoms with E-state index in [9.17, 15) is 9.59 Å². The fourth-order valence-electron chi connectivity index (χ4n) is 3.59. The number of aromatic nitrogens is 2. The molecule has 3 rings (SSSR count). The molecule has 0 N–H and O–H groups in total. The Kier molecular flexibility index (Phi) is 5.99. The Hall–Kier alpha value is -1.75. The normalized spacial score (nSPS) is 13.9. The van der Waals surface area contributed by atoms with Crippen LogP contribution in [0.3, 0.4) is 0 Å². The van der Waals surface area contributed by atoms with Crippen molar-refractivity contribution in [2.45, 2.75) is 59.5 Å². The van der Waals surface area contributed by atoms with Crippen LogP contribution in [0.1, 0.15) is 84.0 Å². The van der Waals surface area contributed by atoms with Crippen LogP contribution < -0.4 is 21.5 Å². The highest BCUT2D eigenvalue weighted by atomic mass is 79.9. The molecule has 134 valence electrons. The number of carbonyl (C=O) groups excluding carboxylic acids is 2. The van der Waals surface area contributed by atoms with Crippen LogP contribution in [-0.4, -0.2) is 16.1 Å². The SMILES string of the molecule is CCCC[n+]1c2c(n(C(C)CC)c1C)C(=O)c1ccccc1C2=O.[Br-]. The van der Waals surface area contributed by atoms with E-state index in [2.05, 4.69) is 29.9 Å². The zero-order chi connectivity index (χ0) is 17.4. The molecular formula is C20H25BrN2O2. The van der Waals surface area contributed by atoms with E-state index in [1.165, 1.54) is 0 Å². The van der Waals surface area contributed by atoms with Gasteiger partial charge in [0.25, 0.3) is 5.82 Å². The summed E-state index contributed by atoms with van der Waals surface area (Å²) in [5, 5.41) is 0. The summed E-state index contributed by atoms with van der Waals surface area (Å²) in [4.78, 5) is 26.3. The maximum Gasteiger partial charge on any atom is 0.254 e. The van der Waals surface area contributed by atoms with Gasteiger partial charge in [0.05, 0.1) is 12.6 Å². The van der Waals surface area contributed by atoms with Crippen LogP contribution in [0.15, 0.2) is 24.3 Å². The lowest BCUT2D eigenvalue weighted by Gasteiger charge is -2.14. The van der Waals surface area contributed by atoms with Gasteiger partial charge in [-0.25, -0.2) is 9.13 Å². The fourth-order valence-corrected chi connectivity index (χ4v) is 3.59. The second kappa shape index (κ2) is 7.65. The van der Waals surface area contributed by atoms with Crippen molar-refractivity contribution >= 4 is 11.6 Å². The lowest BCUT2D eigenvalue weighted by molar-refractivity contribution is -0.704. The monoisotopic (exact) mass is 404 g/mol. The highest BCUT2D eigenvalue weighted by Gasteiger charge is 2.43. The molecule has 25 heavy (non-hydrogen) atoms. The summed E-state index contributed by atoms with van der Waals surface area (Å²) in [6.45, 7) is 9.14. The first-order valence-corrected chi connectivity index (χ1v) is 8.85. The minimum atomic E-state index is -0.0288. The van der Waals surface area contributed by atoms with Crippen molar-refractivity contribution in [1.82, 2.24) is 4.57 Å². The van der Waals surface area contributed by atoms with Crippen LogP contribution >= 0.6 is 0 Å². The number of unbranched alkanes of at least 4 members (excludes halogenated alkanes) is 1. The van der Waals surface area contributed by atoms with Crippen molar-refractivity contribution in [3.05, 3.63) is 52.6 Å². The molecule has 0 aliphatic heterocycles. The number of benzene rings is 1. The zero-order valence-electron chi connectivity index (χ0n) is 15.3. The first-order chi connectivity index (χ1) is 11.5. The average molecular weight is 405 g/mol. The molecule has 0 saturated carbocycles. The molecule has 0 amide bonds. The van der Waals surface area contributed by atoms with Crippen molar-refractivity contribution in [3.63, 3.8) is 0 Å². The molecule has 0 fully saturated rings. The van der Waals surface area contributed by atoms with Gasteiger partial charge in [0.2, 0.25) is 23.0 Å². The minimum Gasteiger partial charge on any atom is -1.00 e. The third-order valence-electron chi connectivity index (χ3n) is 5.09. The van der Waals surface area contributed by atoms with E-state index < -0.39 is 0 Å². The number of ketones is 2. The van der Waals surface area contributed by atoms with E-state index in [0.29, 0.717) is 22.5 Å². The Morgan fingerprint density at radius 3 is 2.24 bits per heavy atom. The molecule has 0 spiro atoms. The summed E-state index contributed by atoms with van der Waals surface area (Å²) >= 11 is 0. The van der Waals surface area contributed by atoms with Gasteiger partial charge in [0, 0.05) is 18.1 Å². The lowest BCUT2D eigenvalue weighted by Crippen LogP contribution is -3.00. The smallest absolute Gasteiger partial charge is 0.254 e. The molecule has 5 heteroatoms. The predicted molar refractivity (Wildman–Crippen MR) is 92.6 cm³/mol. The van der Waals surface area contributed by atoms with Crippen molar-refractivity contribution in [2.75, 3.05) is 0 Å². The van der Waals surface area contributed by atoms with Gasteiger partial charge < -0.3 is 17.0 Å². The van der Waals surface area contributed by atoms with Crippen molar-refractivity contribution in [1.29, 1.82) is 0 Å². The Balaban J connectivity index is 0.00000225. The highest BCUT2D eigenvalue weighted by molar-refractivity contribution is 6.26. The summed E-state index contributed by atoms with van der Waals surface area (Å²) < 4.78 is 4.13. The molecule has 1 atom stereocenters. The second-order valence-corrected chi connectivity index (χ2v) is 6.58. The Morgan fingerprint density at radius 2 is 1.68 bits per heavy atom. The van der Waals surface area contributed by atoms with Gasteiger partial charge in [-0.3, -0.25) is 9.59 Å². The van der Waals surface area contributed by atoms with Gasteiger partial charge in [0.1, 0.15) is 0 Å². The number of halogens is 1. The first kappa shape index (κ1) is 19.6. The van der Waals surface area contributed by atoms with Crippen LogP contribution in [0.5, 0.6) is 0 Å². The molecule has 1 aromatic carbocycles. The number of hydrogen-bond donors (Lipinski definition) is 0. The van der Waals surface area contributed by atoms with E-state index >= 15 is 0 Å². The molecule has 1 aliphatic carbocycles. The third-order valence-corrected chi connectivity index (χ3v) is 5.09. The number of fused-ring (bicyclic) bond motifs is 2. The van der Waals surface area contributed by atoms with E-state index in [4.69, 9.17) is 0 Å². The number of nitrogens with zero attached hydrogens (tertiary/aromatic N) is 2. The summed E-state index contributed by atoms with van der Waals surface area (Å²) in [7, 11) is 0. The van der Waals surface area contributed by atoms with Crippen molar-refractivity contribution in [3.8, 4) is 0 Å². The van der Waals surface area contributed by atoms with Gasteiger partial charge in [-0.15, -0.1) is 0 Å². The third kappa shape index (κ3) is 2.99. The molecule has 4 nitrogen and oxygen atoms in total. The standard InChI is InChI=1S/C20H25N2O2.BrH/c1-5-7-12-21-14(4)22(13(3)6-2)18-17(21)19(23)15-10-8-9-11-16(15)20(18)24;/h8-11,13H,5-7,12H2,1-4H3;1H/q+1;/p-1. The maximum absolute atomic E-state index is 13.1. The van der Waals surface area contributed by atoms with E-state index in [0.717, 1.165) is 31.6 Å². The minimum absolute atomic E-state index is 0. The van der Waals surface area contributed by atoms with Gasteiger partial charge in [0.15, 0.2) is 0 Å². The molecule has 1 unspecified atom stereocenters. The van der Waals surface area contributed by atoms with Gasteiger partial charge in [-0.1, -0.05) is 44.5 Å². The van der Waals surface area contributed by atoms with E-state index in [1.807, 2.05) is 19.1 Å². The topological polar surface area (TPSA) is 43.0 Å². The number of rotatable bonds is 5. The summed E-state index contributed by atoms with van der Waals surface area (Å²) in [5.41, 5.74) is 2.20.